The van der Waals surface area contributed by atoms with Crippen molar-refractivity contribution in [2.24, 2.45) is 0 Å². The Morgan fingerprint density at radius 3 is 2.10 bits per heavy atom. The molecule has 0 radical (unpaired) electrons. The average Bonchev–Trinajstić information content (AvgIpc) is 2.97. The lowest BCUT2D eigenvalue weighted by atomic mass is 9.99. The quantitative estimate of drug-likeness (QED) is 0.528. The Labute approximate surface area is 132 Å². The molecule has 1 aromatic heterocycles. The van der Waals surface area contributed by atoms with Crippen molar-refractivity contribution in [3.63, 3.8) is 0 Å². The topological polar surface area (TPSA) is 0 Å². The van der Waals surface area contributed by atoms with E-state index in [0.29, 0.717) is 0 Å². The van der Waals surface area contributed by atoms with Crippen LogP contribution in [0, 0.1) is 6.92 Å². The van der Waals surface area contributed by atoms with Gasteiger partial charge in [-0.3, -0.25) is 0 Å². The molecule has 3 aromatic rings. The molecule has 0 unspecified atom stereocenters. The highest BCUT2D eigenvalue weighted by Gasteiger charge is 2.07. The largest absolute Gasteiger partial charge is 0.141 e. The van der Waals surface area contributed by atoms with Gasteiger partial charge in [0, 0.05) is 9.75 Å². The van der Waals surface area contributed by atoms with Gasteiger partial charge in [-0.2, -0.15) is 0 Å². The Hall–Kier alpha value is -1.86. The fourth-order valence-electron chi connectivity index (χ4n) is 2.31. The Balaban J connectivity index is 0.000000774. The molecule has 0 aliphatic carbocycles. The fourth-order valence-corrected chi connectivity index (χ4v) is 3.24. The number of rotatable bonds is 3. The van der Waals surface area contributed by atoms with Gasteiger partial charge in [0.25, 0.3) is 0 Å². The van der Waals surface area contributed by atoms with Crippen molar-refractivity contribution in [2.45, 2.75) is 27.2 Å². The maximum absolute atomic E-state index is 2.23. The summed E-state index contributed by atoms with van der Waals surface area (Å²) in [4.78, 5) is 2.73. The van der Waals surface area contributed by atoms with Crippen molar-refractivity contribution in [2.75, 3.05) is 0 Å². The highest BCUT2D eigenvalue weighted by Crippen LogP contribution is 2.31. The zero-order valence-corrected chi connectivity index (χ0v) is 13.8. The van der Waals surface area contributed by atoms with Crippen molar-refractivity contribution < 1.29 is 0 Å². The van der Waals surface area contributed by atoms with E-state index in [1.165, 1.54) is 26.4 Å². The van der Waals surface area contributed by atoms with Gasteiger partial charge in [-0.05, 0) is 42.2 Å². The third kappa shape index (κ3) is 4.05. The number of aryl methyl sites for hydroxylation is 1. The molecule has 2 aromatic carbocycles. The van der Waals surface area contributed by atoms with Crippen LogP contribution >= 0.6 is 11.3 Å². The molecule has 3 rings (SSSR count). The van der Waals surface area contributed by atoms with Crippen molar-refractivity contribution in [1.82, 2.24) is 0 Å². The standard InChI is InChI=1S/C18H16S.C2H6/c1-14-11-12-18(19-14)17-10-6-5-9-16(17)13-15-7-3-2-4-8-15;1-2/h2-12H,13H2,1H3;1-2H3. The van der Waals surface area contributed by atoms with Gasteiger partial charge in [-0.25, -0.2) is 0 Å². The molecule has 0 aliphatic heterocycles. The molecule has 0 atom stereocenters. The van der Waals surface area contributed by atoms with E-state index in [0.717, 1.165) is 6.42 Å². The van der Waals surface area contributed by atoms with Crippen LogP contribution in [0.2, 0.25) is 0 Å². The van der Waals surface area contributed by atoms with E-state index < -0.39 is 0 Å². The van der Waals surface area contributed by atoms with Gasteiger partial charge >= 0.3 is 0 Å². The minimum absolute atomic E-state index is 0.994. The second-order valence-electron chi connectivity index (χ2n) is 4.73. The first-order valence-corrected chi connectivity index (χ1v) is 8.33. The summed E-state index contributed by atoms with van der Waals surface area (Å²) in [5, 5.41) is 0. The molecular formula is C20H22S. The van der Waals surface area contributed by atoms with Gasteiger partial charge in [0.2, 0.25) is 0 Å². The summed E-state index contributed by atoms with van der Waals surface area (Å²) in [6.07, 6.45) is 0.994. The molecule has 1 heteroatoms. The van der Waals surface area contributed by atoms with Gasteiger partial charge in [-0.1, -0.05) is 68.4 Å². The second kappa shape index (κ2) is 7.80. The lowest BCUT2D eigenvalue weighted by molar-refractivity contribution is 1.20. The third-order valence-electron chi connectivity index (χ3n) is 3.26. The van der Waals surface area contributed by atoms with Crippen LogP contribution in [-0.4, -0.2) is 0 Å². The Kier molecular flexibility index (Phi) is 5.77. The molecule has 0 nitrogen and oxygen atoms in total. The van der Waals surface area contributed by atoms with Gasteiger partial charge in [-0.15, -0.1) is 11.3 Å². The van der Waals surface area contributed by atoms with E-state index in [2.05, 4.69) is 73.7 Å². The minimum Gasteiger partial charge on any atom is -0.141 e. The zero-order valence-electron chi connectivity index (χ0n) is 13.0. The first kappa shape index (κ1) is 15.5. The van der Waals surface area contributed by atoms with Crippen LogP contribution in [0.3, 0.4) is 0 Å². The first-order valence-electron chi connectivity index (χ1n) is 7.51. The number of thiophene rings is 1. The minimum atomic E-state index is 0.994. The summed E-state index contributed by atoms with van der Waals surface area (Å²) in [6.45, 7) is 6.16. The van der Waals surface area contributed by atoms with Gasteiger partial charge in [0.1, 0.15) is 0 Å². The maximum Gasteiger partial charge on any atom is 0.0348 e. The number of benzene rings is 2. The van der Waals surface area contributed by atoms with Crippen LogP contribution in [0.1, 0.15) is 29.9 Å². The highest BCUT2D eigenvalue weighted by atomic mass is 32.1. The van der Waals surface area contributed by atoms with E-state index >= 15 is 0 Å². The molecule has 0 bridgehead atoms. The summed E-state index contributed by atoms with van der Waals surface area (Å²) < 4.78 is 0. The Morgan fingerprint density at radius 2 is 1.43 bits per heavy atom. The zero-order chi connectivity index (χ0) is 15.1. The molecule has 108 valence electrons. The van der Waals surface area contributed by atoms with Crippen LogP contribution in [0.25, 0.3) is 10.4 Å². The average molecular weight is 294 g/mol. The predicted octanol–water partition coefficient (Wildman–Crippen LogP) is 6.34. The van der Waals surface area contributed by atoms with E-state index in [1.54, 1.807) is 0 Å². The number of hydrogen-bond donors (Lipinski definition) is 0. The maximum atomic E-state index is 2.23. The van der Waals surface area contributed by atoms with Crippen LogP contribution in [0.4, 0.5) is 0 Å². The first-order chi connectivity index (χ1) is 10.3. The third-order valence-corrected chi connectivity index (χ3v) is 4.29. The number of hydrogen-bond acceptors (Lipinski definition) is 1. The molecule has 0 fully saturated rings. The molecule has 0 amide bonds. The highest BCUT2D eigenvalue weighted by molar-refractivity contribution is 7.15. The van der Waals surface area contributed by atoms with Crippen molar-refractivity contribution in [3.05, 3.63) is 82.7 Å². The summed E-state index contributed by atoms with van der Waals surface area (Å²) >= 11 is 1.87. The Bertz CT molecular complexity index is 665. The van der Waals surface area contributed by atoms with Gasteiger partial charge < -0.3 is 0 Å². The SMILES string of the molecule is CC.Cc1ccc(-c2ccccc2Cc2ccccc2)s1. The molecule has 0 saturated carbocycles. The molecular weight excluding hydrogens is 272 g/mol. The van der Waals surface area contributed by atoms with Gasteiger partial charge in [0.05, 0.1) is 0 Å². The van der Waals surface area contributed by atoms with E-state index in [4.69, 9.17) is 0 Å². The van der Waals surface area contributed by atoms with E-state index in [-0.39, 0.29) is 0 Å². The lowest BCUT2D eigenvalue weighted by Gasteiger charge is -2.08. The Morgan fingerprint density at radius 1 is 0.762 bits per heavy atom. The fraction of sp³-hybridized carbons (Fsp3) is 0.200. The van der Waals surface area contributed by atoms with Crippen molar-refractivity contribution >= 4 is 11.3 Å². The summed E-state index contributed by atoms with van der Waals surface area (Å²) in [5.74, 6) is 0. The van der Waals surface area contributed by atoms with Crippen molar-refractivity contribution in [1.29, 1.82) is 0 Å². The molecule has 1 heterocycles. The van der Waals surface area contributed by atoms with Crippen LogP contribution in [0.5, 0.6) is 0 Å². The summed E-state index contributed by atoms with van der Waals surface area (Å²) in [5.41, 5.74) is 4.13. The molecule has 0 spiro atoms. The predicted molar refractivity (Wildman–Crippen MR) is 95.1 cm³/mol. The monoisotopic (exact) mass is 294 g/mol. The van der Waals surface area contributed by atoms with E-state index in [1.807, 2.05) is 25.2 Å². The summed E-state index contributed by atoms with van der Waals surface area (Å²) in [7, 11) is 0. The van der Waals surface area contributed by atoms with Crippen LogP contribution in [0.15, 0.2) is 66.7 Å². The van der Waals surface area contributed by atoms with Gasteiger partial charge in [0.15, 0.2) is 0 Å². The van der Waals surface area contributed by atoms with Crippen LogP contribution < -0.4 is 0 Å². The van der Waals surface area contributed by atoms with Crippen molar-refractivity contribution in [3.8, 4) is 10.4 Å². The smallest absolute Gasteiger partial charge is 0.0348 e. The molecule has 0 N–H and O–H groups in total. The molecule has 0 aliphatic rings. The lowest BCUT2D eigenvalue weighted by Crippen LogP contribution is -1.90. The second-order valence-corrected chi connectivity index (χ2v) is 6.02. The van der Waals surface area contributed by atoms with E-state index in [9.17, 15) is 0 Å². The normalized spacial score (nSPS) is 9.86. The molecule has 0 saturated heterocycles. The summed E-state index contributed by atoms with van der Waals surface area (Å²) in [6, 6.07) is 23.8. The van der Waals surface area contributed by atoms with Crippen LogP contribution in [-0.2, 0) is 6.42 Å². The molecule has 21 heavy (non-hydrogen) atoms.